The van der Waals surface area contributed by atoms with Crippen molar-refractivity contribution in [2.75, 3.05) is 11.9 Å². The summed E-state index contributed by atoms with van der Waals surface area (Å²) in [6.07, 6.45) is 3.54. The Morgan fingerprint density at radius 2 is 2.50 bits per heavy atom. The van der Waals surface area contributed by atoms with E-state index in [1.54, 1.807) is 0 Å². The van der Waals surface area contributed by atoms with Gasteiger partial charge >= 0.3 is 5.00 Å². The van der Waals surface area contributed by atoms with Crippen LogP contribution in [-0.4, -0.2) is 34.7 Å². The monoisotopic (exact) mass is 270 g/mol. The van der Waals surface area contributed by atoms with Crippen molar-refractivity contribution in [3.8, 4) is 0 Å². The van der Waals surface area contributed by atoms with Crippen LogP contribution in [0, 0.1) is 16.0 Å². The van der Waals surface area contributed by atoms with E-state index >= 15 is 0 Å². The number of rotatable bonds is 3. The summed E-state index contributed by atoms with van der Waals surface area (Å²) in [5, 5.41) is 14.3. The van der Waals surface area contributed by atoms with Crippen LogP contribution in [0.3, 0.4) is 0 Å². The smallest absolute Gasteiger partial charge is 0.345 e. The lowest BCUT2D eigenvalue weighted by atomic mass is 9.69. The summed E-state index contributed by atoms with van der Waals surface area (Å²) in [6.45, 7) is 0.768. The summed E-state index contributed by atoms with van der Waals surface area (Å²) < 4.78 is 5.69. The molecule has 0 amide bonds. The zero-order valence-electron chi connectivity index (χ0n) is 9.61. The van der Waals surface area contributed by atoms with Gasteiger partial charge in [0.25, 0.3) is 0 Å². The zero-order valence-corrected chi connectivity index (χ0v) is 10.4. The molecule has 0 radical (unpaired) electrons. The molecule has 1 aliphatic carbocycles. The van der Waals surface area contributed by atoms with Crippen molar-refractivity contribution < 1.29 is 9.66 Å². The molecule has 4 atom stereocenters. The number of fused-ring (bicyclic) bond motifs is 1. The number of nitrogens with zero attached hydrogens (tertiary/aromatic N) is 2. The molecule has 8 heteroatoms. The summed E-state index contributed by atoms with van der Waals surface area (Å²) in [5.74, 6) is 0.409. The van der Waals surface area contributed by atoms with Crippen LogP contribution in [-0.2, 0) is 4.74 Å². The van der Waals surface area contributed by atoms with Gasteiger partial charge in [0, 0.05) is 18.6 Å². The summed E-state index contributed by atoms with van der Waals surface area (Å²) in [5.41, 5.74) is 6.09. The van der Waals surface area contributed by atoms with Gasteiger partial charge in [-0.05, 0) is 24.2 Å². The molecule has 1 saturated carbocycles. The first kappa shape index (κ1) is 11.8. The second-order valence-electron chi connectivity index (χ2n) is 4.65. The second kappa shape index (κ2) is 4.45. The molecule has 18 heavy (non-hydrogen) atoms. The van der Waals surface area contributed by atoms with Crippen LogP contribution in [0.1, 0.15) is 12.8 Å². The molecule has 0 bridgehead atoms. The average molecular weight is 270 g/mol. The van der Waals surface area contributed by atoms with Crippen molar-refractivity contribution in [1.82, 2.24) is 4.98 Å². The standard InChI is InChI=1S/C10H14N4O3S/c11-7-5-2-1-3-17-9(5)8(7)13-10-12-4-6(18-10)14(15)16/h4-5,7-9H,1-3,11H2,(H,12,13). The minimum absolute atomic E-state index is 0.0149. The fraction of sp³-hybridized carbons (Fsp3) is 0.700. The minimum atomic E-state index is -0.441. The Balaban J connectivity index is 1.67. The third-order valence-corrected chi connectivity index (χ3v) is 4.52. The number of nitrogens with two attached hydrogens (primary N) is 1. The maximum atomic E-state index is 10.6. The van der Waals surface area contributed by atoms with Crippen LogP contribution in [0.2, 0.25) is 0 Å². The Kier molecular flexibility index (Phi) is 2.92. The zero-order chi connectivity index (χ0) is 12.7. The van der Waals surface area contributed by atoms with Crippen LogP contribution in [0.15, 0.2) is 6.20 Å². The fourth-order valence-corrected chi connectivity index (χ4v) is 3.36. The summed E-state index contributed by atoms with van der Waals surface area (Å²) in [6, 6.07) is 0.0549. The quantitative estimate of drug-likeness (QED) is 0.626. The molecule has 2 heterocycles. The van der Waals surface area contributed by atoms with E-state index < -0.39 is 4.92 Å². The predicted octanol–water partition coefficient (Wildman–Crippen LogP) is 0.968. The molecule has 1 aromatic heterocycles. The molecule has 1 aromatic rings. The van der Waals surface area contributed by atoms with E-state index in [4.69, 9.17) is 10.5 Å². The minimum Gasteiger partial charge on any atom is -0.376 e. The molecule has 1 saturated heterocycles. The lowest BCUT2D eigenvalue weighted by Crippen LogP contribution is -2.69. The van der Waals surface area contributed by atoms with Crippen LogP contribution >= 0.6 is 11.3 Å². The average Bonchev–Trinajstić information content (AvgIpc) is 2.84. The fourth-order valence-electron chi connectivity index (χ4n) is 2.69. The number of thiazole rings is 1. The Morgan fingerprint density at radius 1 is 1.67 bits per heavy atom. The first-order chi connectivity index (χ1) is 8.66. The van der Waals surface area contributed by atoms with Crippen molar-refractivity contribution >= 4 is 21.5 Å². The molecule has 2 aliphatic rings. The topological polar surface area (TPSA) is 103 Å². The van der Waals surface area contributed by atoms with Gasteiger partial charge in [-0.3, -0.25) is 10.1 Å². The van der Waals surface area contributed by atoms with E-state index in [0.29, 0.717) is 11.0 Å². The number of nitro groups is 1. The van der Waals surface area contributed by atoms with Gasteiger partial charge in [0.05, 0.1) is 17.1 Å². The van der Waals surface area contributed by atoms with Gasteiger partial charge in [-0.25, -0.2) is 4.98 Å². The molecule has 3 N–H and O–H groups in total. The molecule has 7 nitrogen and oxygen atoms in total. The molecule has 0 spiro atoms. The van der Waals surface area contributed by atoms with E-state index in [0.717, 1.165) is 30.8 Å². The number of ether oxygens (including phenoxy) is 1. The van der Waals surface area contributed by atoms with Gasteiger partial charge in [0.2, 0.25) is 0 Å². The van der Waals surface area contributed by atoms with Crippen molar-refractivity contribution in [3.05, 3.63) is 16.3 Å². The molecule has 2 fully saturated rings. The van der Waals surface area contributed by atoms with Gasteiger partial charge in [0.1, 0.15) is 6.20 Å². The highest BCUT2D eigenvalue weighted by Crippen LogP contribution is 2.39. The molecule has 1 aliphatic heterocycles. The van der Waals surface area contributed by atoms with Gasteiger partial charge < -0.3 is 15.8 Å². The van der Waals surface area contributed by atoms with E-state index in [9.17, 15) is 10.1 Å². The largest absolute Gasteiger partial charge is 0.376 e. The molecule has 98 valence electrons. The van der Waals surface area contributed by atoms with Crippen molar-refractivity contribution in [2.45, 2.75) is 31.0 Å². The third-order valence-electron chi connectivity index (χ3n) is 3.64. The molecule has 0 aromatic carbocycles. The van der Waals surface area contributed by atoms with Gasteiger partial charge in [-0.15, -0.1) is 0 Å². The number of aromatic nitrogens is 1. The van der Waals surface area contributed by atoms with Crippen molar-refractivity contribution in [3.63, 3.8) is 0 Å². The van der Waals surface area contributed by atoms with Crippen molar-refractivity contribution in [2.24, 2.45) is 11.7 Å². The second-order valence-corrected chi connectivity index (χ2v) is 5.66. The Bertz CT molecular complexity index is 466. The lowest BCUT2D eigenvalue weighted by Gasteiger charge is -2.52. The molecular weight excluding hydrogens is 256 g/mol. The Hall–Kier alpha value is -1.25. The van der Waals surface area contributed by atoms with E-state index in [2.05, 4.69) is 10.3 Å². The summed E-state index contributed by atoms with van der Waals surface area (Å²) in [4.78, 5) is 14.1. The maximum Gasteiger partial charge on any atom is 0.345 e. The highest BCUT2D eigenvalue weighted by molar-refractivity contribution is 7.18. The summed E-state index contributed by atoms with van der Waals surface area (Å²) in [7, 11) is 0. The lowest BCUT2D eigenvalue weighted by molar-refractivity contribution is -0.380. The Morgan fingerprint density at radius 3 is 3.22 bits per heavy atom. The maximum absolute atomic E-state index is 10.6. The van der Waals surface area contributed by atoms with Crippen LogP contribution < -0.4 is 11.1 Å². The van der Waals surface area contributed by atoms with Crippen LogP contribution in [0.4, 0.5) is 10.1 Å². The van der Waals surface area contributed by atoms with Crippen molar-refractivity contribution in [1.29, 1.82) is 0 Å². The van der Waals surface area contributed by atoms with Gasteiger partial charge in [-0.2, -0.15) is 0 Å². The van der Waals surface area contributed by atoms with Crippen LogP contribution in [0.25, 0.3) is 0 Å². The number of hydrogen-bond donors (Lipinski definition) is 2. The molecule has 3 rings (SSSR count). The first-order valence-corrected chi connectivity index (χ1v) is 6.72. The Labute approximate surface area is 107 Å². The van der Waals surface area contributed by atoms with Crippen LogP contribution in [0.5, 0.6) is 0 Å². The summed E-state index contributed by atoms with van der Waals surface area (Å²) >= 11 is 1.03. The van der Waals surface area contributed by atoms with Gasteiger partial charge in [0.15, 0.2) is 5.13 Å². The highest BCUT2D eigenvalue weighted by atomic mass is 32.1. The highest BCUT2D eigenvalue weighted by Gasteiger charge is 2.50. The third kappa shape index (κ3) is 1.86. The molecule has 4 unspecified atom stereocenters. The first-order valence-electron chi connectivity index (χ1n) is 5.91. The van der Waals surface area contributed by atoms with E-state index in [1.807, 2.05) is 0 Å². The van der Waals surface area contributed by atoms with Gasteiger partial charge in [-0.1, -0.05) is 0 Å². The number of nitrogens with one attached hydrogen (secondary N) is 1. The van der Waals surface area contributed by atoms with E-state index in [-0.39, 0.29) is 23.2 Å². The SMILES string of the molecule is NC1C2CCCOC2C1Nc1ncc([N+](=O)[O-])s1. The predicted molar refractivity (Wildman–Crippen MR) is 66.6 cm³/mol. The number of anilines is 1. The normalized spacial score (nSPS) is 34.5. The number of hydrogen-bond acceptors (Lipinski definition) is 7. The van der Waals surface area contributed by atoms with E-state index in [1.165, 1.54) is 6.20 Å². The molecular formula is C10H14N4O3S.